The Labute approximate surface area is 143 Å². The molecule has 0 saturated carbocycles. The normalized spacial score (nSPS) is 15.6. The van der Waals surface area contributed by atoms with Crippen LogP contribution in [0.15, 0.2) is 35.5 Å². The Hall–Kier alpha value is -2.40. The number of rotatable bonds is 2. The topological polar surface area (TPSA) is 56.4 Å². The number of carbonyl (C=O) groups is 1. The molecular formula is C18H16ClN3O2. The summed E-state index contributed by atoms with van der Waals surface area (Å²) in [6.45, 7) is 4.46. The van der Waals surface area contributed by atoms with Crippen LogP contribution in [-0.4, -0.2) is 20.2 Å². The van der Waals surface area contributed by atoms with Crippen LogP contribution >= 0.6 is 11.6 Å². The minimum absolute atomic E-state index is 0.206. The van der Waals surface area contributed by atoms with E-state index in [9.17, 15) is 9.59 Å². The fourth-order valence-electron chi connectivity index (χ4n) is 3.57. The molecule has 6 heteroatoms. The van der Waals surface area contributed by atoms with Gasteiger partial charge in [-0.1, -0.05) is 25.4 Å². The van der Waals surface area contributed by atoms with Crippen LogP contribution < -0.4 is 5.56 Å². The summed E-state index contributed by atoms with van der Waals surface area (Å²) in [5, 5.41) is 0.279. The van der Waals surface area contributed by atoms with Crippen LogP contribution in [0.25, 0.3) is 11.3 Å². The molecule has 24 heavy (non-hydrogen) atoms. The lowest BCUT2D eigenvalue weighted by Gasteiger charge is -2.16. The second-order valence-corrected chi connectivity index (χ2v) is 7.42. The largest absolute Gasteiger partial charge is 0.314 e. The van der Waals surface area contributed by atoms with Crippen LogP contribution in [0.5, 0.6) is 0 Å². The van der Waals surface area contributed by atoms with Crippen molar-refractivity contribution in [3.8, 4) is 5.82 Å². The van der Waals surface area contributed by atoms with Gasteiger partial charge in [0.1, 0.15) is 5.52 Å². The van der Waals surface area contributed by atoms with E-state index >= 15 is 0 Å². The highest BCUT2D eigenvalue weighted by molar-refractivity contribution is 6.33. The average molecular weight is 342 g/mol. The van der Waals surface area contributed by atoms with Gasteiger partial charge in [0.05, 0.1) is 10.6 Å². The van der Waals surface area contributed by atoms with E-state index in [1.165, 1.54) is 28.1 Å². The summed E-state index contributed by atoms with van der Waals surface area (Å²) >= 11 is 6.05. The van der Waals surface area contributed by atoms with Crippen molar-refractivity contribution in [3.05, 3.63) is 62.9 Å². The monoisotopic (exact) mass is 341 g/mol. The quantitative estimate of drug-likeness (QED) is 0.673. The van der Waals surface area contributed by atoms with Crippen molar-refractivity contribution in [2.75, 3.05) is 0 Å². The van der Waals surface area contributed by atoms with Crippen LogP contribution in [0.4, 0.5) is 0 Å². The predicted octanol–water partition coefficient (Wildman–Crippen LogP) is 3.08. The maximum absolute atomic E-state index is 12.9. The summed E-state index contributed by atoms with van der Waals surface area (Å²) in [7, 11) is 0. The molecule has 0 radical (unpaired) electrons. The van der Waals surface area contributed by atoms with Crippen molar-refractivity contribution in [2.24, 2.45) is 5.41 Å². The average Bonchev–Trinajstić information content (AvgIpc) is 3.00. The third-order valence-electron chi connectivity index (χ3n) is 4.61. The Balaban J connectivity index is 1.95. The SMILES string of the molecule is CC1(C)Cc2cc3c(=O)n(-c4nccc(Cl)c4C=O)ccn3c2C1. The van der Waals surface area contributed by atoms with Gasteiger partial charge in [0.25, 0.3) is 5.56 Å². The lowest BCUT2D eigenvalue weighted by atomic mass is 9.90. The summed E-state index contributed by atoms with van der Waals surface area (Å²) < 4.78 is 3.33. The van der Waals surface area contributed by atoms with Gasteiger partial charge in [0.2, 0.25) is 0 Å². The van der Waals surface area contributed by atoms with Crippen LogP contribution in [0.2, 0.25) is 5.02 Å². The Morgan fingerprint density at radius 2 is 2.08 bits per heavy atom. The number of hydrogen-bond acceptors (Lipinski definition) is 3. The van der Waals surface area contributed by atoms with E-state index in [2.05, 4.69) is 18.8 Å². The number of fused-ring (bicyclic) bond motifs is 3. The van der Waals surface area contributed by atoms with E-state index in [0.29, 0.717) is 11.8 Å². The molecule has 5 nitrogen and oxygen atoms in total. The molecule has 0 N–H and O–H groups in total. The van der Waals surface area contributed by atoms with Crippen molar-refractivity contribution in [2.45, 2.75) is 26.7 Å². The molecule has 122 valence electrons. The zero-order valence-electron chi connectivity index (χ0n) is 13.4. The first-order valence-electron chi connectivity index (χ1n) is 7.76. The molecule has 0 amide bonds. The molecule has 0 aliphatic heterocycles. The molecule has 0 aromatic carbocycles. The lowest BCUT2D eigenvalue weighted by molar-refractivity contribution is 0.112. The molecule has 0 bridgehead atoms. The van der Waals surface area contributed by atoms with E-state index in [-0.39, 0.29) is 27.4 Å². The van der Waals surface area contributed by atoms with Crippen molar-refractivity contribution in [3.63, 3.8) is 0 Å². The van der Waals surface area contributed by atoms with E-state index in [4.69, 9.17) is 11.6 Å². The Morgan fingerprint density at radius 1 is 1.29 bits per heavy atom. The summed E-state index contributed by atoms with van der Waals surface area (Å²) in [4.78, 5) is 28.4. The lowest BCUT2D eigenvalue weighted by Crippen LogP contribution is -2.22. The standard InChI is InChI=1S/C18H16ClN3O2/c1-18(2)8-11-7-14-17(24)22(6-5-21(14)15(11)9-18)16-12(10-23)13(19)3-4-20-16/h3-7,10H,8-9H2,1-2H3. The zero-order chi connectivity index (χ0) is 17.1. The van der Waals surface area contributed by atoms with Gasteiger partial charge in [-0.05, 0) is 36.0 Å². The Kier molecular flexibility index (Phi) is 3.18. The minimum Gasteiger partial charge on any atom is -0.314 e. The molecule has 3 heterocycles. The van der Waals surface area contributed by atoms with Crippen molar-refractivity contribution in [1.82, 2.24) is 14.0 Å². The predicted molar refractivity (Wildman–Crippen MR) is 92.4 cm³/mol. The highest BCUT2D eigenvalue weighted by Crippen LogP contribution is 2.37. The van der Waals surface area contributed by atoms with E-state index in [0.717, 1.165) is 12.8 Å². The first kappa shape index (κ1) is 15.1. The molecular weight excluding hydrogens is 326 g/mol. The number of hydrogen-bond donors (Lipinski definition) is 0. The van der Waals surface area contributed by atoms with Crippen LogP contribution in [0.1, 0.15) is 35.5 Å². The van der Waals surface area contributed by atoms with Gasteiger partial charge >= 0.3 is 0 Å². The van der Waals surface area contributed by atoms with Crippen molar-refractivity contribution < 1.29 is 4.79 Å². The second kappa shape index (κ2) is 5.05. The summed E-state index contributed by atoms with van der Waals surface area (Å²) in [5.41, 5.74) is 3.23. The molecule has 1 aliphatic carbocycles. The smallest absolute Gasteiger partial charge is 0.280 e. The van der Waals surface area contributed by atoms with Gasteiger partial charge in [-0.3, -0.25) is 14.2 Å². The highest BCUT2D eigenvalue weighted by Gasteiger charge is 2.31. The minimum atomic E-state index is -0.206. The molecule has 0 fully saturated rings. The maximum Gasteiger partial charge on any atom is 0.280 e. The van der Waals surface area contributed by atoms with Crippen LogP contribution in [0, 0.1) is 5.41 Å². The summed E-state index contributed by atoms with van der Waals surface area (Å²) in [5.74, 6) is 0.256. The number of halogens is 1. The van der Waals surface area contributed by atoms with Gasteiger partial charge in [0, 0.05) is 24.3 Å². The third kappa shape index (κ3) is 2.12. The number of pyridine rings is 1. The number of carbonyl (C=O) groups excluding carboxylic acids is 1. The molecule has 0 atom stereocenters. The fourth-order valence-corrected chi connectivity index (χ4v) is 3.75. The molecule has 0 unspecified atom stereocenters. The van der Waals surface area contributed by atoms with Crippen molar-refractivity contribution in [1.29, 1.82) is 0 Å². The first-order valence-corrected chi connectivity index (χ1v) is 8.13. The fraction of sp³-hybridized carbons (Fsp3) is 0.278. The van der Waals surface area contributed by atoms with Gasteiger partial charge in [-0.2, -0.15) is 0 Å². The van der Waals surface area contributed by atoms with Gasteiger partial charge in [-0.25, -0.2) is 4.98 Å². The zero-order valence-corrected chi connectivity index (χ0v) is 14.2. The molecule has 3 aromatic rings. The number of aldehydes is 1. The molecule has 3 aromatic heterocycles. The first-order chi connectivity index (χ1) is 11.4. The van der Waals surface area contributed by atoms with Crippen LogP contribution in [-0.2, 0) is 12.8 Å². The van der Waals surface area contributed by atoms with Crippen LogP contribution in [0.3, 0.4) is 0 Å². The molecule has 1 aliphatic rings. The third-order valence-corrected chi connectivity index (χ3v) is 4.94. The maximum atomic E-state index is 12.9. The van der Waals surface area contributed by atoms with Gasteiger partial charge in [-0.15, -0.1) is 0 Å². The molecule has 4 rings (SSSR count). The molecule has 0 saturated heterocycles. The summed E-state index contributed by atoms with van der Waals surface area (Å²) in [6, 6.07) is 3.49. The van der Waals surface area contributed by atoms with Gasteiger partial charge in [0.15, 0.2) is 12.1 Å². The van der Waals surface area contributed by atoms with E-state index in [1.54, 1.807) is 6.20 Å². The number of aromatic nitrogens is 3. The van der Waals surface area contributed by atoms with Crippen molar-refractivity contribution >= 4 is 23.4 Å². The number of nitrogens with zero attached hydrogens (tertiary/aromatic N) is 3. The van der Waals surface area contributed by atoms with E-state index in [1.807, 2.05) is 16.7 Å². The highest BCUT2D eigenvalue weighted by atomic mass is 35.5. The van der Waals surface area contributed by atoms with Gasteiger partial charge < -0.3 is 4.40 Å². The Morgan fingerprint density at radius 3 is 2.83 bits per heavy atom. The molecule has 0 spiro atoms. The second-order valence-electron chi connectivity index (χ2n) is 7.01. The Bertz CT molecular complexity index is 1050. The summed E-state index contributed by atoms with van der Waals surface area (Å²) in [6.07, 6.45) is 7.51. The van der Waals surface area contributed by atoms with E-state index < -0.39 is 0 Å².